The molecule has 0 heterocycles. The number of allylic oxidation sites excluding steroid dienone is 4. The third kappa shape index (κ3) is 1.57. The standard InChI is InChI=1S/C8H8BrClO/c1-8(9)6(5-11)3-2-4-7(8)10/h2-6H,1H3. The van der Waals surface area contributed by atoms with Gasteiger partial charge in [0.15, 0.2) is 0 Å². The van der Waals surface area contributed by atoms with Crippen molar-refractivity contribution in [1.29, 1.82) is 0 Å². The fourth-order valence-corrected chi connectivity index (χ4v) is 1.53. The predicted molar refractivity (Wildman–Crippen MR) is 50.0 cm³/mol. The molecule has 0 aromatic heterocycles. The zero-order valence-corrected chi connectivity index (χ0v) is 8.39. The number of alkyl halides is 1. The van der Waals surface area contributed by atoms with Gasteiger partial charge in [0.2, 0.25) is 0 Å². The maximum atomic E-state index is 10.6. The van der Waals surface area contributed by atoms with Crippen LogP contribution in [0.1, 0.15) is 6.92 Å². The summed E-state index contributed by atoms with van der Waals surface area (Å²) in [6.07, 6.45) is 6.30. The van der Waals surface area contributed by atoms with Crippen molar-refractivity contribution in [3.8, 4) is 0 Å². The second-order valence-electron chi connectivity index (χ2n) is 2.64. The smallest absolute Gasteiger partial charge is 0.128 e. The lowest BCUT2D eigenvalue weighted by Crippen LogP contribution is -2.29. The molecule has 0 fully saturated rings. The molecule has 0 aromatic carbocycles. The summed E-state index contributed by atoms with van der Waals surface area (Å²) in [5.74, 6) is -0.167. The first kappa shape index (κ1) is 9.01. The third-order valence-electron chi connectivity index (χ3n) is 1.80. The highest BCUT2D eigenvalue weighted by Gasteiger charge is 2.34. The van der Waals surface area contributed by atoms with E-state index in [-0.39, 0.29) is 5.92 Å². The molecule has 0 saturated carbocycles. The third-order valence-corrected chi connectivity index (χ3v) is 3.50. The second-order valence-corrected chi connectivity index (χ2v) is 4.69. The van der Waals surface area contributed by atoms with Crippen molar-refractivity contribution in [2.24, 2.45) is 5.92 Å². The Morgan fingerprint density at radius 2 is 2.45 bits per heavy atom. The number of hydrogen-bond acceptors (Lipinski definition) is 1. The summed E-state index contributed by atoms with van der Waals surface area (Å²) in [4.78, 5) is 10.6. The highest BCUT2D eigenvalue weighted by molar-refractivity contribution is 9.10. The van der Waals surface area contributed by atoms with Gasteiger partial charge in [-0.15, -0.1) is 0 Å². The molecule has 2 unspecified atom stereocenters. The first-order valence-electron chi connectivity index (χ1n) is 3.27. The molecule has 1 aliphatic rings. The van der Waals surface area contributed by atoms with E-state index >= 15 is 0 Å². The maximum absolute atomic E-state index is 10.6. The molecule has 0 spiro atoms. The Kier molecular flexibility index (Phi) is 2.55. The van der Waals surface area contributed by atoms with Crippen molar-refractivity contribution in [1.82, 2.24) is 0 Å². The van der Waals surface area contributed by atoms with Crippen LogP contribution in [0.2, 0.25) is 0 Å². The van der Waals surface area contributed by atoms with Gasteiger partial charge in [0, 0.05) is 5.03 Å². The summed E-state index contributed by atoms with van der Waals surface area (Å²) < 4.78 is -0.412. The van der Waals surface area contributed by atoms with E-state index in [0.29, 0.717) is 5.03 Å². The fraction of sp³-hybridized carbons (Fsp3) is 0.375. The van der Waals surface area contributed by atoms with E-state index in [2.05, 4.69) is 15.9 Å². The Labute approximate surface area is 79.2 Å². The molecule has 11 heavy (non-hydrogen) atoms. The Balaban J connectivity index is 2.97. The predicted octanol–water partition coefficient (Wildman–Crippen LogP) is 2.65. The molecule has 1 rings (SSSR count). The lowest BCUT2D eigenvalue weighted by atomic mass is 9.91. The SMILES string of the molecule is CC1(Br)C(Cl)=CC=CC1C=O. The van der Waals surface area contributed by atoms with Crippen LogP contribution in [0, 0.1) is 5.92 Å². The molecule has 1 nitrogen and oxygen atoms in total. The normalized spacial score (nSPS) is 36.6. The lowest BCUT2D eigenvalue weighted by molar-refractivity contribution is -0.110. The Hall–Kier alpha value is -0.0800. The minimum Gasteiger partial charge on any atom is -0.303 e. The first-order valence-corrected chi connectivity index (χ1v) is 4.45. The largest absolute Gasteiger partial charge is 0.303 e. The van der Waals surface area contributed by atoms with Crippen LogP contribution in [0.25, 0.3) is 0 Å². The quantitative estimate of drug-likeness (QED) is 0.504. The molecule has 0 aromatic rings. The second kappa shape index (κ2) is 3.11. The van der Waals surface area contributed by atoms with E-state index in [1.165, 1.54) is 0 Å². The number of rotatable bonds is 1. The number of carbonyl (C=O) groups is 1. The van der Waals surface area contributed by atoms with Gasteiger partial charge in [-0.3, -0.25) is 0 Å². The number of hydrogen-bond donors (Lipinski definition) is 0. The van der Waals surface area contributed by atoms with Gasteiger partial charge in [-0.2, -0.15) is 0 Å². The average molecular weight is 236 g/mol. The Morgan fingerprint density at radius 3 is 2.91 bits per heavy atom. The molecular formula is C8H8BrClO. The number of halogens is 2. The average Bonchev–Trinajstić information content (AvgIpc) is 1.95. The molecule has 0 radical (unpaired) electrons. The Bertz CT molecular complexity index is 230. The van der Waals surface area contributed by atoms with E-state index in [0.717, 1.165) is 6.29 Å². The summed E-state index contributed by atoms with van der Waals surface area (Å²) in [6.45, 7) is 1.88. The van der Waals surface area contributed by atoms with Gasteiger partial charge in [-0.05, 0) is 13.0 Å². The molecule has 3 heteroatoms. The number of aldehydes is 1. The van der Waals surface area contributed by atoms with E-state index in [9.17, 15) is 4.79 Å². The topological polar surface area (TPSA) is 17.1 Å². The van der Waals surface area contributed by atoms with Crippen molar-refractivity contribution in [3.63, 3.8) is 0 Å². The van der Waals surface area contributed by atoms with E-state index in [1.807, 2.05) is 13.0 Å². The van der Waals surface area contributed by atoms with Crippen molar-refractivity contribution in [2.75, 3.05) is 0 Å². The van der Waals surface area contributed by atoms with Gasteiger partial charge in [0.1, 0.15) is 6.29 Å². The highest BCUT2D eigenvalue weighted by atomic mass is 79.9. The van der Waals surface area contributed by atoms with E-state index in [4.69, 9.17) is 11.6 Å². The summed E-state index contributed by atoms with van der Waals surface area (Å²) in [6, 6.07) is 0. The summed E-state index contributed by atoms with van der Waals surface area (Å²) in [5, 5.41) is 0.664. The van der Waals surface area contributed by atoms with Crippen molar-refractivity contribution in [2.45, 2.75) is 11.2 Å². The van der Waals surface area contributed by atoms with Gasteiger partial charge < -0.3 is 4.79 Å². The van der Waals surface area contributed by atoms with Gasteiger partial charge in [-0.1, -0.05) is 39.7 Å². The molecule has 0 amide bonds. The maximum Gasteiger partial charge on any atom is 0.128 e. The highest BCUT2D eigenvalue weighted by Crippen LogP contribution is 2.39. The zero-order valence-electron chi connectivity index (χ0n) is 6.05. The number of carbonyl (C=O) groups excluding carboxylic acids is 1. The monoisotopic (exact) mass is 234 g/mol. The summed E-state index contributed by atoms with van der Waals surface area (Å²) in [7, 11) is 0. The minimum atomic E-state index is -0.412. The van der Waals surface area contributed by atoms with Crippen LogP contribution in [-0.2, 0) is 4.79 Å². The summed E-state index contributed by atoms with van der Waals surface area (Å²) >= 11 is 9.29. The van der Waals surface area contributed by atoms with Crippen LogP contribution in [-0.4, -0.2) is 10.6 Å². The van der Waals surface area contributed by atoms with Crippen LogP contribution in [0.4, 0.5) is 0 Å². The van der Waals surface area contributed by atoms with E-state index < -0.39 is 4.32 Å². The van der Waals surface area contributed by atoms with Crippen LogP contribution in [0.3, 0.4) is 0 Å². The summed E-state index contributed by atoms with van der Waals surface area (Å²) in [5.41, 5.74) is 0. The van der Waals surface area contributed by atoms with Crippen molar-refractivity contribution >= 4 is 33.8 Å². The molecule has 0 N–H and O–H groups in total. The molecule has 1 aliphatic carbocycles. The van der Waals surface area contributed by atoms with Crippen molar-refractivity contribution in [3.05, 3.63) is 23.3 Å². The van der Waals surface area contributed by atoms with Gasteiger partial charge in [0.25, 0.3) is 0 Å². The molecule has 2 atom stereocenters. The first-order chi connectivity index (χ1) is 5.09. The van der Waals surface area contributed by atoms with Gasteiger partial charge in [0.05, 0.1) is 10.2 Å². The van der Waals surface area contributed by atoms with Crippen LogP contribution in [0.15, 0.2) is 23.3 Å². The fourth-order valence-electron chi connectivity index (χ4n) is 0.936. The Morgan fingerprint density at radius 1 is 1.82 bits per heavy atom. The lowest BCUT2D eigenvalue weighted by Gasteiger charge is -2.28. The van der Waals surface area contributed by atoms with Gasteiger partial charge >= 0.3 is 0 Å². The zero-order chi connectivity index (χ0) is 8.48. The van der Waals surface area contributed by atoms with Crippen LogP contribution < -0.4 is 0 Å². The van der Waals surface area contributed by atoms with Gasteiger partial charge in [-0.25, -0.2) is 0 Å². The molecule has 0 bridgehead atoms. The molecule has 60 valence electrons. The molecule has 0 aliphatic heterocycles. The van der Waals surface area contributed by atoms with Crippen molar-refractivity contribution < 1.29 is 4.79 Å². The molecule has 0 saturated heterocycles. The molecular weight excluding hydrogens is 227 g/mol. The van der Waals surface area contributed by atoms with E-state index in [1.54, 1.807) is 12.2 Å². The van der Waals surface area contributed by atoms with Crippen LogP contribution >= 0.6 is 27.5 Å². The van der Waals surface area contributed by atoms with Crippen LogP contribution in [0.5, 0.6) is 0 Å². The minimum absolute atomic E-state index is 0.167.